The SMILES string of the molecule is Nc1ncc(S(=O)(=O)Nc2cnccn2)cn1. The van der Waals surface area contributed by atoms with E-state index in [-0.39, 0.29) is 16.7 Å². The highest BCUT2D eigenvalue weighted by atomic mass is 32.2. The molecule has 0 aliphatic rings. The van der Waals surface area contributed by atoms with E-state index in [1.54, 1.807) is 0 Å². The van der Waals surface area contributed by atoms with E-state index >= 15 is 0 Å². The minimum atomic E-state index is -3.76. The zero-order chi connectivity index (χ0) is 12.3. The van der Waals surface area contributed by atoms with Crippen LogP contribution in [0.25, 0.3) is 0 Å². The lowest BCUT2D eigenvalue weighted by atomic mass is 10.7. The highest BCUT2D eigenvalue weighted by Gasteiger charge is 2.15. The van der Waals surface area contributed by atoms with E-state index in [1.807, 2.05) is 0 Å². The van der Waals surface area contributed by atoms with Crippen LogP contribution in [0.2, 0.25) is 0 Å². The molecule has 0 aliphatic heterocycles. The Bertz CT molecular complexity index is 598. The molecule has 0 aliphatic carbocycles. The number of rotatable bonds is 3. The molecule has 17 heavy (non-hydrogen) atoms. The number of nitrogens with one attached hydrogen (secondary N) is 1. The van der Waals surface area contributed by atoms with E-state index in [0.29, 0.717) is 0 Å². The van der Waals surface area contributed by atoms with Gasteiger partial charge in [-0.3, -0.25) is 9.71 Å². The van der Waals surface area contributed by atoms with Gasteiger partial charge in [-0.1, -0.05) is 0 Å². The van der Waals surface area contributed by atoms with Gasteiger partial charge in [0, 0.05) is 12.4 Å². The fourth-order valence-corrected chi connectivity index (χ4v) is 1.89. The summed E-state index contributed by atoms with van der Waals surface area (Å²) in [5.74, 6) is 0.118. The number of nitrogens with zero attached hydrogens (tertiary/aromatic N) is 4. The second kappa shape index (κ2) is 4.29. The first-order valence-electron chi connectivity index (χ1n) is 4.44. The molecule has 0 aromatic carbocycles. The highest BCUT2D eigenvalue weighted by molar-refractivity contribution is 7.92. The fourth-order valence-electron chi connectivity index (χ4n) is 1.01. The molecule has 0 fully saturated rings. The van der Waals surface area contributed by atoms with Crippen LogP contribution < -0.4 is 10.5 Å². The van der Waals surface area contributed by atoms with Crippen LogP contribution in [-0.2, 0) is 10.0 Å². The molecular formula is C8H8N6O2S. The van der Waals surface area contributed by atoms with Crippen molar-refractivity contribution in [3.8, 4) is 0 Å². The molecule has 0 amide bonds. The van der Waals surface area contributed by atoms with Crippen molar-refractivity contribution in [3.05, 3.63) is 31.0 Å². The van der Waals surface area contributed by atoms with Crippen LogP contribution in [0.15, 0.2) is 35.9 Å². The van der Waals surface area contributed by atoms with Crippen molar-refractivity contribution in [1.29, 1.82) is 0 Å². The zero-order valence-corrected chi connectivity index (χ0v) is 9.29. The number of nitrogen functional groups attached to an aromatic ring is 1. The molecular weight excluding hydrogens is 244 g/mol. The van der Waals surface area contributed by atoms with Gasteiger partial charge in [-0.25, -0.2) is 23.4 Å². The van der Waals surface area contributed by atoms with Crippen molar-refractivity contribution < 1.29 is 8.42 Å². The van der Waals surface area contributed by atoms with Crippen molar-refractivity contribution in [2.45, 2.75) is 4.90 Å². The summed E-state index contributed by atoms with van der Waals surface area (Å²) in [7, 11) is -3.76. The van der Waals surface area contributed by atoms with Crippen molar-refractivity contribution in [1.82, 2.24) is 19.9 Å². The fraction of sp³-hybridized carbons (Fsp3) is 0. The molecule has 2 heterocycles. The van der Waals surface area contributed by atoms with Gasteiger partial charge in [-0.15, -0.1) is 0 Å². The van der Waals surface area contributed by atoms with Crippen LogP contribution in [0.1, 0.15) is 0 Å². The first-order valence-corrected chi connectivity index (χ1v) is 5.92. The summed E-state index contributed by atoms with van der Waals surface area (Å²) in [5.41, 5.74) is 5.26. The maximum absolute atomic E-state index is 11.8. The largest absolute Gasteiger partial charge is 0.368 e. The Hall–Kier alpha value is -2.29. The van der Waals surface area contributed by atoms with Gasteiger partial charge in [-0.2, -0.15) is 0 Å². The predicted octanol–water partition coefficient (Wildman–Crippen LogP) is -0.350. The molecule has 9 heteroatoms. The normalized spacial score (nSPS) is 11.1. The summed E-state index contributed by atoms with van der Waals surface area (Å²) >= 11 is 0. The third-order valence-electron chi connectivity index (χ3n) is 1.76. The molecule has 2 rings (SSSR count). The molecule has 0 saturated carbocycles. The Labute approximate surface area is 97.0 Å². The van der Waals surface area contributed by atoms with E-state index in [0.717, 1.165) is 12.4 Å². The first-order chi connectivity index (χ1) is 8.08. The standard InChI is InChI=1S/C8H8N6O2S/c9-8-12-3-6(4-13-8)17(15,16)14-7-5-10-1-2-11-7/h1-5H,(H,11,14)(H2,9,12,13). The Morgan fingerprint density at radius 3 is 2.35 bits per heavy atom. The van der Waals surface area contributed by atoms with Crippen LogP contribution in [0, 0.1) is 0 Å². The Morgan fingerprint density at radius 1 is 1.06 bits per heavy atom. The lowest BCUT2D eigenvalue weighted by molar-refractivity contribution is 0.600. The summed E-state index contributed by atoms with van der Waals surface area (Å²) in [5, 5.41) is 0. The average molecular weight is 252 g/mol. The van der Waals surface area contributed by atoms with Crippen molar-refractivity contribution >= 4 is 21.8 Å². The van der Waals surface area contributed by atoms with Gasteiger partial charge in [0.25, 0.3) is 10.0 Å². The Balaban J connectivity index is 2.29. The summed E-state index contributed by atoms with van der Waals surface area (Å²) in [6, 6.07) is 0. The van der Waals surface area contributed by atoms with Crippen molar-refractivity contribution in [2.75, 3.05) is 10.5 Å². The lowest BCUT2D eigenvalue weighted by Crippen LogP contribution is -2.15. The number of aromatic nitrogens is 4. The van der Waals surface area contributed by atoms with Crippen molar-refractivity contribution in [2.24, 2.45) is 0 Å². The second-order valence-electron chi connectivity index (χ2n) is 2.97. The quantitative estimate of drug-likeness (QED) is 0.764. The van der Waals surface area contributed by atoms with E-state index in [1.165, 1.54) is 18.6 Å². The third-order valence-corrected chi connectivity index (χ3v) is 3.07. The van der Waals surface area contributed by atoms with Crippen LogP contribution in [0.4, 0.5) is 11.8 Å². The summed E-state index contributed by atoms with van der Waals surface area (Å²) < 4.78 is 25.9. The molecule has 0 saturated heterocycles. The third kappa shape index (κ3) is 2.64. The maximum Gasteiger partial charge on any atom is 0.266 e. The average Bonchev–Trinajstić information content (AvgIpc) is 2.30. The molecule has 0 bridgehead atoms. The molecule has 8 nitrogen and oxygen atoms in total. The Morgan fingerprint density at radius 2 is 1.76 bits per heavy atom. The Kier molecular flexibility index (Phi) is 2.83. The topological polar surface area (TPSA) is 124 Å². The van der Waals surface area contributed by atoms with Crippen molar-refractivity contribution in [3.63, 3.8) is 0 Å². The second-order valence-corrected chi connectivity index (χ2v) is 4.66. The van der Waals surface area contributed by atoms with Gasteiger partial charge in [0.2, 0.25) is 5.95 Å². The molecule has 0 unspecified atom stereocenters. The summed E-state index contributed by atoms with van der Waals surface area (Å²) in [6.07, 6.45) is 6.32. The molecule has 0 spiro atoms. The molecule has 88 valence electrons. The van der Waals surface area contributed by atoms with Gasteiger partial charge >= 0.3 is 0 Å². The molecule has 2 aromatic rings. The van der Waals surface area contributed by atoms with Crippen LogP contribution in [0.5, 0.6) is 0 Å². The molecule has 3 N–H and O–H groups in total. The van der Waals surface area contributed by atoms with Gasteiger partial charge < -0.3 is 5.73 Å². The molecule has 2 aromatic heterocycles. The van der Waals surface area contributed by atoms with E-state index in [2.05, 4.69) is 24.7 Å². The maximum atomic E-state index is 11.8. The number of sulfonamides is 1. The van der Waals surface area contributed by atoms with Crippen LogP contribution in [0.3, 0.4) is 0 Å². The highest BCUT2D eigenvalue weighted by Crippen LogP contribution is 2.11. The lowest BCUT2D eigenvalue weighted by Gasteiger charge is -2.05. The molecule has 0 radical (unpaired) electrons. The predicted molar refractivity (Wildman–Crippen MR) is 59.3 cm³/mol. The van der Waals surface area contributed by atoms with Crippen LogP contribution in [-0.4, -0.2) is 28.4 Å². The van der Waals surface area contributed by atoms with Gasteiger partial charge in [0.15, 0.2) is 5.82 Å². The van der Waals surface area contributed by atoms with Crippen LogP contribution >= 0.6 is 0 Å². The minimum Gasteiger partial charge on any atom is -0.368 e. The van der Waals surface area contributed by atoms with Gasteiger partial charge in [0.1, 0.15) is 4.90 Å². The van der Waals surface area contributed by atoms with E-state index in [4.69, 9.17) is 5.73 Å². The number of anilines is 2. The van der Waals surface area contributed by atoms with E-state index in [9.17, 15) is 8.42 Å². The summed E-state index contributed by atoms with van der Waals surface area (Å²) in [6.45, 7) is 0. The summed E-state index contributed by atoms with van der Waals surface area (Å²) in [4.78, 5) is 14.6. The number of nitrogens with two attached hydrogens (primary N) is 1. The monoisotopic (exact) mass is 252 g/mol. The van der Waals surface area contributed by atoms with Gasteiger partial charge in [0.05, 0.1) is 18.6 Å². The number of hydrogen-bond donors (Lipinski definition) is 2. The minimum absolute atomic E-state index is 0.00320. The first kappa shape index (κ1) is 11.2. The smallest absolute Gasteiger partial charge is 0.266 e. The van der Waals surface area contributed by atoms with E-state index < -0.39 is 10.0 Å². The molecule has 0 atom stereocenters. The zero-order valence-electron chi connectivity index (χ0n) is 8.48. The number of hydrogen-bond acceptors (Lipinski definition) is 7. The van der Waals surface area contributed by atoms with Gasteiger partial charge in [-0.05, 0) is 0 Å².